The van der Waals surface area contributed by atoms with Gasteiger partial charge in [0.1, 0.15) is 0 Å². The number of nitrogens with zero attached hydrogens (tertiary/aromatic N) is 1. The minimum Gasteiger partial charge on any atom is -0.306 e. The summed E-state index contributed by atoms with van der Waals surface area (Å²) in [4.78, 5) is 2.37. The van der Waals surface area contributed by atoms with E-state index in [1.54, 1.807) is 0 Å². The van der Waals surface area contributed by atoms with Gasteiger partial charge in [0.15, 0.2) is 0 Å². The van der Waals surface area contributed by atoms with Crippen LogP contribution in [0.4, 0.5) is 0 Å². The van der Waals surface area contributed by atoms with Gasteiger partial charge in [0, 0.05) is 0 Å². The second-order valence-corrected chi connectivity index (χ2v) is 3.50. The molecule has 0 saturated carbocycles. The molecule has 0 bridgehead atoms. The molecule has 0 aromatic heterocycles. The maximum absolute atomic E-state index is 5.79. The quantitative estimate of drug-likeness (QED) is 0.534. The first-order valence-electron chi connectivity index (χ1n) is 4.14. The van der Waals surface area contributed by atoms with E-state index < -0.39 is 0 Å². The zero-order valence-electron chi connectivity index (χ0n) is 7.01. The normalized spacial score (nSPS) is 24.0. The molecule has 2 radical (unpaired) electrons. The van der Waals surface area contributed by atoms with Gasteiger partial charge in [-0.15, -0.1) is 0 Å². The molecular weight excluding hydrogens is 122 g/mol. The molecule has 1 saturated heterocycles. The number of likely N-dealkylation sites (tertiary alicyclic amines) is 1. The average Bonchev–Trinajstić information content (AvgIpc) is 1.88. The van der Waals surface area contributed by atoms with Crippen LogP contribution in [0.25, 0.3) is 0 Å². The fourth-order valence-electron chi connectivity index (χ4n) is 1.55. The molecule has 1 fully saturated rings. The lowest BCUT2D eigenvalue weighted by Crippen LogP contribution is -2.32. The van der Waals surface area contributed by atoms with E-state index in [0.29, 0.717) is 5.92 Å². The Morgan fingerprint density at radius 3 is 2.30 bits per heavy atom. The number of hydrogen-bond donors (Lipinski definition) is 0. The van der Waals surface area contributed by atoms with Crippen molar-refractivity contribution in [1.82, 2.24) is 4.90 Å². The lowest BCUT2D eigenvalue weighted by atomic mass is 9.87. The molecule has 1 rings (SSSR count). The van der Waals surface area contributed by atoms with Crippen molar-refractivity contribution in [2.45, 2.75) is 19.8 Å². The second kappa shape index (κ2) is 3.38. The molecule has 1 aliphatic rings. The van der Waals surface area contributed by atoms with Crippen molar-refractivity contribution >= 4 is 0 Å². The molecule has 1 atom stereocenters. The summed E-state index contributed by atoms with van der Waals surface area (Å²) in [6, 6.07) is 0. The van der Waals surface area contributed by atoms with Crippen molar-refractivity contribution in [3.63, 3.8) is 0 Å². The second-order valence-electron chi connectivity index (χ2n) is 3.50. The Hall–Kier alpha value is -0.0400. The van der Waals surface area contributed by atoms with Gasteiger partial charge in [-0.05, 0) is 51.7 Å². The van der Waals surface area contributed by atoms with Gasteiger partial charge in [-0.3, -0.25) is 0 Å². The highest BCUT2D eigenvalue weighted by atomic mass is 15.1. The minimum atomic E-state index is 0.397. The standard InChI is InChI=1S/C9H17N/c1-8(2)9-4-6-10(3)7-5-9/h1,8-9H,4-7H2,2-3H3. The number of hydrogen-bond acceptors (Lipinski definition) is 1. The first kappa shape index (κ1) is 8.06. The fourth-order valence-corrected chi connectivity index (χ4v) is 1.55. The molecule has 10 heavy (non-hydrogen) atoms. The third kappa shape index (κ3) is 1.98. The van der Waals surface area contributed by atoms with Crippen LogP contribution in [0.5, 0.6) is 0 Å². The third-order valence-corrected chi connectivity index (χ3v) is 2.51. The molecule has 1 nitrogen and oxygen atoms in total. The van der Waals surface area contributed by atoms with Crippen molar-refractivity contribution < 1.29 is 0 Å². The van der Waals surface area contributed by atoms with Crippen LogP contribution in [-0.2, 0) is 0 Å². The van der Waals surface area contributed by atoms with Gasteiger partial charge in [0.25, 0.3) is 0 Å². The topological polar surface area (TPSA) is 3.24 Å². The van der Waals surface area contributed by atoms with E-state index in [9.17, 15) is 0 Å². The number of piperidine rings is 1. The van der Waals surface area contributed by atoms with Crippen molar-refractivity contribution in [3.05, 3.63) is 6.92 Å². The maximum atomic E-state index is 5.79. The van der Waals surface area contributed by atoms with Crippen LogP contribution < -0.4 is 0 Å². The zero-order chi connectivity index (χ0) is 7.56. The molecule has 0 amide bonds. The third-order valence-electron chi connectivity index (χ3n) is 2.51. The van der Waals surface area contributed by atoms with Gasteiger partial charge in [0.2, 0.25) is 0 Å². The maximum Gasteiger partial charge on any atom is -0.00190 e. The molecule has 0 spiro atoms. The van der Waals surface area contributed by atoms with E-state index in [0.717, 1.165) is 5.92 Å². The summed E-state index contributed by atoms with van der Waals surface area (Å²) in [7, 11) is 2.18. The largest absolute Gasteiger partial charge is 0.306 e. The highest BCUT2D eigenvalue weighted by Gasteiger charge is 2.18. The Labute approximate surface area is 64.4 Å². The Bertz CT molecular complexity index is 90.9. The summed E-state index contributed by atoms with van der Waals surface area (Å²) in [5.74, 6) is 1.17. The summed E-state index contributed by atoms with van der Waals surface area (Å²) in [6.07, 6.45) is 2.57. The predicted octanol–water partition coefficient (Wildman–Crippen LogP) is 1.68. The molecule has 0 aromatic rings. The van der Waals surface area contributed by atoms with Crippen LogP contribution in [0.3, 0.4) is 0 Å². The summed E-state index contributed by atoms with van der Waals surface area (Å²) in [5, 5.41) is 0. The molecule has 0 aromatic carbocycles. The lowest BCUT2D eigenvalue weighted by molar-refractivity contribution is 0.194. The van der Waals surface area contributed by atoms with Crippen LogP contribution in [0.15, 0.2) is 0 Å². The SMILES string of the molecule is [CH]C(C)C1CCN(C)CC1. The first-order valence-corrected chi connectivity index (χ1v) is 4.14. The summed E-state index contributed by atoms with van der Waals surface area (Å²) in [5.41, 5.74) is 0. The molecule has 0 N–H and O–H groups in total. The summed E-state index contributed by atoms with van der Waals surface area (Å²) >= 11 is 0. The predicted molar refractivity (Wildman–Crippen MR) is 43.7 cm³/mol. The van der Waals surface area contributed by atoms with Crippen molar-refractivity contribution in [2.24, 2.45) is 11.8 Å². The Morgan fingerprint density at radius 1 is 1.40 bits per heavy atom. The van der Waals surface area contributed by atoms with E-state index in [-0.39, 0.29) is 0 Å². The molecule has 1 unspecified atom stereocenters. The summed E-state index contributed by atoms with van der Waals surface area (Å²) < 4.78 is 0. The molecule has 1 aliphatic heterocycles. The van der Waals surface area contributed by atoms with Crippen LogP contribution in [0.1, 0.15) is 19.8 Å². The molecule has 1 heterocycles. The van der Waals surface area contributed by atoms with Crippen LogP contribution in [-0.4, -0.2) is 25.0 Å². The Morgan fingerprint density at radius 2 is 1.90 bits per heavy atom. The molecular formula is C9H17N. The Kier molecular flexibility index (Phi) is 2.72. The van der Waals surface area contributed by atoms with E-state index in [1.807, 2.05) is 0 Å². The highest BCUT2D eigenvalue weighted by molar-refractivity contribution is 4.74. The first-order chi connectivity index (χ1) is 4.70. The molecule has 0 aliphatic carbocycles. The van der Waals surface area contributed by atoms with E-state index in [4.69, 9.17) is 6.92 Å². The summed E-state index contributed by atoms with van der Waals surface area (Å²) in [6.45, 7) is 10.4. The van der Waals surface area contributed by atoms with Crippen LogP contribution >= 0.6 is 0 Å². The van der Waals surface area contributed by atoms with E-state index in [2.05, 4.69) is 18.9 Å². The average molecular weight is 139 g/mol. The van der Waals surface area contributed by atoms with Gasteiger partial charge in [-0.1, -0.05) is 6.92 Å². The van der Waals surface area contributed by atoms with Crippen molar-refractivity contribution in [2.75, 3.05) is 20.1 Å². The van der Waals surface area contributed by atoms with Gasteiger partial charge >= 0.3 is 0 Å². The van der Waals surface area contributed by atoms with Crippen molar-refractivity contribution in [1.29, 1.82) is 0 Å². The zero-order valence-corrected chi connectivity index (χ0v) is 7.01. The fraction of sp³-hybridized carbons (Fsp3) is 0.889. The van der Waals surface area contributed by atoms with Crippen LogP contribution in [0, 0.1) is 18.8 Å². The lowest BCUT2D eigenvalue weighted by Gasteiger charge is -2.30. The smallest absolute Gasteiger partial charge is 0.00190 e. The van der Waals surface area contributed by atoms with Gasteiger partial charge in [-0.2, -0.15) is 0 Å². The van der Waals surface area contributed by atoms with E-state index in [1.165, 1.54) is 25.9 Å². The van der Waals surface area contributed by atoms with Gasteiger partial charge in [-0.25, -0.2) is 0 Å². The van der Waals surface area contributed by atoms with Crippen LogP contribution in [0.2, 0.25) is 0 Å². The van der Waals surface area contributed by atoms with E-state index >= 15 is 0 Å². The highest BCUT2D eigenvalue weighted by Crippen LogP contribution is 2.22. The monoisotopic (exact) mass is 139 g/mol. The number of rotatable bonds is 1. The molecule has 1 heteroatoms. The van der Waals surface area contributed by atoms with Gasteiger partial charge in [0.05, 0.1) is 0 Å². The van der Waals surface area contributed by atoms with Crippen molar-refractivity contribution in [3.8, 4) is 0 Å². The van der Waals surface area contributed by atoms with Gasteiger partial charge < -0.3 is 4.90 Å². The Balaban J connectivity index is 2.26. The molecule has 58 valence electrons. The minimum absolute atomic E-state index is 0.397.